The molecule has 1 fully saturated rings. The Hall–Kier alpha value is -1.36. The van der Waals surface area contributed by atoms with Crippen LogP contribution in [-0.4, -0.2) is 24.7 Å². The molecule has 20 heavy (non-hydrogen) atoms. The van der Waals surface area contributed by atoms with Crippen LogP contribution in [0.1, 0.15) is 48.5 Å². The van der Waals surface area contributed by atoms with E-state index in [-0.39, 0.29) is 16.6 Å². The molecule has 2 unspecified atom stereocenters. The first-order valence-corrected chi connectivity index (χ1v) is 8.64. The molecule has 1 aliphatic carbocycles. The minimum atomic E-state index is -3.15. The highest BCUT2D eigenvalue weighted by Gasteiger charge is 2.30. The summed E-state index contributed by atoms with van der Waals surface area (Å²) in [6, 6.07) is 6.09. The lowest BCUT2D eigenvalue weighted by Gasteiger charge is -2.26. The number of aromatic carboxylic acids is 1. The molecule has 4 nitrogen and oxygen atoms in total. The fourth-order valence-corrected chi connectivity index (χ4v) is 4.84. The van der Waals surface area contributed by atoms with Crippen molar-refractivity contribution in [2.75, 3.05) is 0 Å². The van der Waals surface area contributed by atoms with Gasteiger partial charge in [-0.25, -0.2) is 13.2 Å². The van der Waals surface area contributed by atoms with Gasteiger partial charge in [-0.1, -0.05) is 31.9 Å². The molecule has 1 aliphatic rings. The minimum Gasteiger partial charge on any atom is -0.478 e. The second-order valence-electron chi connectivity index (χ2n) is 5.70. The van der Waals surface area contributed by atoms with E-state index >= 15 is 0 Å². The molecule has 2 rings (SSSR count). The average Bonchev–Trinajstić information content (AvgIpc) is 2.39. The Morgan fingerprint density at radius 1 is 1.25 bits per heavy atom. The Kier molecular flexibility index (Phi) is 4.48. The molecule has 0 saturated heterocycles. The van der Waals surface area contributed by atoms with Crippen LogP contribution in [0.15, 0.2) is 24.3 Å². The highest BCUT2D eigenvalue weighted by molar-refractivity contribution is 7.91. The number of hydrogen-bond donors (Lipinski definition) is 1. The van der Waals surface area contributed by atoms with E-state index in [9.17, 15) is 13.2 Å². The molecule has 2 atom stereocenters. The average molecular weight is 296 g/mol. The molecule has 0 amide bonds. The smallest absolute Gasteiger partial charge is 0.335 e. The summed E-state index contributed by atoms with van der Waals surface area (Å²) in [4.78, 5) is 10.8. The standard InChI is InChI=1S/C15H20O4S/c1-11-3-2-4-14(9-11)20(18,19)10-12-5-7-13(8-6-12)15(16)17/h5-8,11,14H,2-4,9-10H2,1H3,(H,16,17). The first-order valence-electron chi connectivity index (χ1n) is 6.92. The number of benzene rings is 1. The van der Waals surface area contributed by atoms with Gasteiger partial charge in [0.15, 0.2) is 9.84 Å². The largest absolute Gasteiger partial charge is 0.478 e. The Labute approximate surface area is 119 Å². The molecule has 0 aliphatic heterocycles. The van der Waals surface area contributed by atoms with Crippen LogP contribution in [0, 0.1) is 5.92 Å². The summed E-state index contributed by atoms with van der Waals surface area (Å²) >= 11 is 0. The minimum absolute atomic E-state index is 0.00425. The van der Waals surface area contributed by atoms with E-state index in [2.05, 4.69) is 6.92 Å². The first-order chi connectivity index (χ1) is 9.38. The fourth-order valence-electron chi connectivity index (χ4n) is 2.80. The second-order valence-corrected chi connectivity index (χ2v) is 7.98. The summed E-state index contributed by atoms with van der Waals surface area (Å²) in [6.07, 6.45) is 3.58. The maximum Gasteiger partial charge on any atom is 0.335 e. The van der Waals surface area contributed by atoms with Crippen molar-refractivity contribution in [3.05, 3.63) is 35.4 Å². The summed E-state index contributed by atoms with van der Waals surface area (Å²) in [5.74, 6) is -0.525. The maximum absolute atomic E-state index is 12.4. The summed E-state index contributed by atoms with van der Waals surface area (Å²) in [5, 5.41) is 8.58. The number of carboxylic acids is 1. The van der Waals surface area contributed by atoms with E-state index < -0.39 is 15.8 Å². The molecule has 110 valence electrons. The third-order valence-electron chi connectivity index (χ3n) is 3.96. The zero-order valence-corrected chi connectivity index (χ0v) is 12.4. The summed E-state index contributed by atoms with van der Waals surface area (Å²) < 4.78 is 24.8. The van der Waals surface area contributed by atoms with Crippen LogP contribution in [0.4, 0.5) is 0 Å². The van der Waals surface area contributed by atoms with Gasteiger partial charge in [0.1, 0.15) is 0 Å². The highest BCUT2D eigenvalue weighted by atomic mass is 32.2. The predicted molar refractivity (Wildman–Crippen MR) is 77.4 cm³/mol. The lowest BCUT2D eigenvalue weighted by Crippen LogP contribution is -2.28. The van der Waals surface area contributed by atoms with Crippen molar-refractivity contribution in [1.82, 2.24) is 0 Å². The van der Waals surface area contributed by atoms with Crippen LogP contribution < -0.4 is 0 Å². The van der Waals surface area contributed by atoms with Gasteiger partial charge >= 0.3 is 5.97 Å². The molecule has 1 aromatic carbocycles. The van der Waals surface area contributed by atoms with E-state index in [1.165, 1.54) is 12.1 Å². The summed E-state index contributed by atoms with van der Waals surface area (Å²) in [5.41, 5.74) is 0.839. The Balaban J connectivity index is 2.09. The number of sulfone groups is 1. The van der Waals surface area contributed by atoms with Crippen molar-refractivity contribution >= 4 is 15.8 Å². The van der Waals surface area contributed by atoms with Crippen molar-refractivity contribution in [2.45, 2.75) is 43.6 Å². The normalized spacial score (nSPS) is 23.4. The van der Waals surface area contributed by atoms with Crippen molar-refractivity contribution in [3.63, 3.8) is 0 Å². The van der Waals surface area contributed by atoms with Crippen LogP contribution in [-0.2, 0) is 15.6 Å². The van der Waals surface area contributed by atoms with Crippen molar-refractivity contribution < 1.29 is 18.3 Å². The van der Waals surface area contributed by atoms with Gasteiger partial charge in [-0.05, 0) is 36.5 Å². The summed E-state index contributed by atoms with van der Waals surface area (Å²) in [7, 11) is -3.15. The Bertz CT molecular complexity index is 574. The number of hydrogen-bond acceptors (Lipinski definition) is 3. The molecule has 0 heterocycles. The Morgan fingerprint density at radius 2 is 1.90 bits per heavy atom. The molecule has 0 bridgehead atoms. The lowest BCUT2D eigenvalue weighted by atomic mass is 9.91. The lowest BCUT2D eigenvalue weighted by molar-refractivity contribution is 0.0697. The predicted octanol–water partition coefficient (Wildman–Crippen LogP) is 2.88. The monoisotopic (exact) mass is 296 g/mol. The quantitative estimate of drug-likeness (QED) is 0.927. The Morgan fingerprint density at radius 3 is 2.45 bits per heavy atom. The van der Waals surface area contributed by atoms with Crippen molar-refractivity contribution in [2.24, 2.45) is 5.92 Å². The van der Waals surface area contributed by atoms with Crippen LogP contribution in [0.25, 0.3) is 0 Å². The van der Waals surface area contributed by atoms with E-state index in [1.807, 2.05) is 0 Å². The van der Waals surface area contributed by atoms with Crippen LogP contribution in [0.5, 0.6) is 0 Å². The maximum atomic E-state index is 12.4. The van der Waals surface area contributed by atoms with Gasteiger partial charge in [0.2, 0.25) is 0 Å². The van der Waals surface area contributed by atoms with E-state index in [4.69, 9.17) is 5.11 Å². The van der Waals surface area contributed by atoms with Gasteiger partial charge in [0.05, 0.1) is 16.6 Å². The van der Waals surface area contributed by atoms with Gasteiger partial charge in [-0.15, -0.1) is 0 Å². The molecular weight excluding hydrogens is 276 g/mol. The molecule has 1 N–H and O–H groups in total. The second kappa shape index (κ2) is 5.95. The zero-order valence-electron chi connectivity index (χ0n) is 11.6. The van der Waals surface area contributed by atoms with Crippen molar-refractivity contribution in [1.29, 1.82) is 0 Å². The zero-order chi connectivity index (χ0) is 14.8. The van der Waals surface area contributed by atoms with E-state index in [0.29, 0.717) is 11.5 Å². The van der Waals surface area contributed by atoms with Crippen LogP contribution in [0.3, 0.4) is 0 Å². The molecule has 5 heteroatoms. The molecule has 1 saturated carbocycles. The van der Waals surface area contributed by atoms with E-state index in [1.54, 1.807) is 12.1 Å². The fraction of sp³-hybridized carbons (Fsp3) is 0.533. The third-order valence-corrected chi connectivity index (χ3v) is 6.14. The van der Waals surface area contributed by atoms with Crippen molar-refractivity contribution in [3.8, 4) is 0 Å². The van der Waals surface area contributed by atoms with Gasteiger partial charge in [-0.3, -0.25) is 0 Å². The molecular formula is C15H20O4S. The van der Waals surface area contributed by atoms with Gasteiger partial charge in [0, 0.05) is 0 Å². The molecule has 1 aromatic rings. The third kappa shape index (κ3) is 3.60. The first kappa shape index (κ1) is 15.0. The molecule has 0 aromatic heterocycles. The van der Waals surface area contributed by atoms with Crippen LogP contribution >= 0.6 is 0 Å². The molecule has 0 spiro atoms. The van der Waals surface area contributed by atoms with Crippen LogP contribution in [0.2, 0.25) is 0 Å². The topological polar surface area (TPSA) is 71.4 Å². The van der Waals surface area contributed by atoms with Gasteiger partial charge in [-0.2, -0.15) is 0 Å². The molecule has 0 radical (unpaired) electrons. The highest BCUT2D eigenvalue weighted by Crippen LogP contribution is 2.30. The summed E-state index contributed by atoms with van der Waals surface area (Å²) in [6.45, 7) is 2.10. The van der Waals surface area contributed by atoms with Gasteiger partial charge in [0.25, 0.3) is 0 Å². The SMILES string of the molecule is CC1CCCC(S(=O)(=O)Cc2ccc(C(=O)O)cc2)C1. The number of rotatable bonds is 4. The van der Waals surface area contributed by atoms with Gasteiger partial charge < -0.3 is 5.11 Å². The number of carboxylic acid groups (broad SMARTS) is 1. The van der Waals surface area contributed by atoms with E-state index in [0.717, 1.165) is 25.7 Å². The number of carbonyl (C=O) groups is 1.